The maximum atomic E-state index is 9.99. The summed E-state index contributed by atoms with van der Waals surface area (Å²) in [4.78, 5) is 2.14. The summed E-state index contributed by atoms with van der Waals surface area (Å²) >= 11 is 0. The Morgan fingerprint density at radius 2 is 0.739 bits per heavy atom. The van der Waals surface area contributed by atoms with E-state index >= 15 is 0 Å². The molecule has 142 valence electrons. The van der Waals surface area contributed by atoms with Gasteiger partial charge in [-0.05, 0) is 55.4 Å². The predicted molar refractivity (Wildman–Crippen MR) is 92.8 cm³/mol. The third-order valence-electron chi connectivity index (χ3n) is 5.44. The molecule has 0 bridgehead atoms. The second-order valence-corrected chi connectivity index (χ2v) is 5.59. The summed E-state index contributed by atoms with van der Waals surface area (Å²) in [6.45, 7) is 28.4. The van der Waals surface area contributed by atoms with Crippen LogP contribution in [0.5, 0.6) is 0 Å². The van der Waals surface area contributed by atoms with Gasteiger partial charge in [-0.2, -0.15) is 0 Å². The molecule has 0 saturated heterocycles. The summed E-state index contributed by atoms with van der Waals surface area (Å²) in [5.74, 6) is 0. The molecule has 0 N–H and O–H groups in total. The van der Waals surface area contributed by atoms with E-state index in [1.165, 1.54) is 61.3 Å². The van der Waals surface area contributed by atoms with Gasteiger partial charge in [0.25, 0.3) is 0 Å². The third kappa shape index (κ3) is 12.8. The Balaban J connectivity index is -0.000000273. The van der Waals surface area contributed by atoms with E-state index in [2.05, 4.69) is 60.2 Å². The summed E-state index contributed by atoms with van der Waals surface area (Å²) in [6, 6.07) is 0. The first-order valence-corrected chi connectivity index (χ1v) is 9.05. The molecule has 0 amide bonds. The van der Waals surface area contributed by atoms with E-state index in [1.54, 1.807) is 0 Å². The van der Waals surface area contributed by atoms with Crippen molar-refractivity contribution in [3.8, 4) is 0 Å². The number of halogens is 1. The van der Waals surface area contributed by atoms with Crippen molar-refractivity contribution in [2.45, 2.75) is 55.4 Å². The highest BCUT2D eigenvalue weighted by Gasteiger charge is 2.16. The lowest BCUT2D eigenvalue weighted by Gasteiger charge is -2.34. The van der Waals surface area contributed by atoms with Gasteiger partial charge in [0.05, 0.1) is 52.4 Å². The van der Waals surface area contributed by atoms with Crippen LogP contribution in [0, 0.1) is 0 Å². The SMILES string of the molecule is CC[N+](CC)(CC)CC.CC[N+](CC)(CC)CC.[O-]B([O-])OF. The minimum Gasteiger partial charge on any atom is -0.868 e. The van der Waals surface area contributed by atoms with Crippen molar-refractivity contribution in [1.82, 2.24) is 0 Å². The lowest BCUT2D eigenvalue weighted by Crippen LogP contribution is -2.47. The number of nitrogens with zero attached hydrogens (tertiary/aromatic N) is 2. The van der Waals surface area contributed by atoms with E-state index in [0.717, 1.165) is 0 Å². The summed E-state index contributed by atoms with van der Waals surface area (Å²) in [7, 11) is -2.78. The summed E-state index contributed by atoms with van der Waals surface area (Å²) in [5.41, 5.74) is 0. The van der Waals surface area contributed by atoms with Crippen LogP contribution in [0.1, 0.15) is 55.4 Å². The zero-order chi connectivity index (χ0) is 18.9. The molecule has 0 aromatic carbocycles. The Kier molecular flexibility index (Phi) is 20.0. The Hall–Kier alpha value is -0.205. The lowest BCUT2D eigenvalue weighted by molar-refractivity contribution is -0.921. The fourth-order valence-corrected chi connectivity index (χ4v) is 2.68. The van der Waals surface area contributed by atoms with Crippen molar-refractivity contribution in [2.75, 3.05) is 52.4 Å². The number of hydrogen-bond acceptors (Lipinski definition) is 3. The van der Waals surface area contributed by atoms with Gasteiger partial charge < -0.3 is 23.9 Å². The highest BCUT2D eigenvalue weighted by molar-refractivity contribution is 6.27. The average molecular weight is 338 g/mol. The summed E-state index contributed by atoms with van der Waals surface area (Å²) in [6.07, 6.45) is 0. The molecule has 0 radical (unpaired) electrons. The Morgan fingerprint density at radius 3 is 0.739 bits per heavy atom. The first-order chi connectivity index (χ1) is 10.8. The molecule has 0 rings (SSSR count). The molecule has 0 aliphatic carbocycles. The van der Waals surface area contributed by atoms with Gasteiger partial charge in [-0.1, -0.05) is 4.53 Å². The second-order valence-electron chi connectivity index (χ2n) is 5.59. The van der Waals surface area contributed by atoms with Crippen LogP contribution < -0.4 is 10.0 Å². The van der Waals surface area contributed by atoms with E-state index < -0.39 is 7.32 Å². The zero-order valence-electron chi connectivity index (χ0n) is 16.7. The van der Waals surface area contributed by atoms with Gasteiger partial charge in [0.2, 0.25) is 0 Å². The monoisotopic (exact) mass is 338 g/mol. The molecule has 0 saturated carbocycles. The summed E-state index contributed by atoms with van der Waals surface area (Å²) in [5, 5.41) is 17.5. The van der Waals surface area contributed by atoms with Crippen LogP contribution in [0.3, 0.4) is 0 Å². The topological polar surface area (TPSA) is 55.3 Å². The predicted octanol–water partition coefficient (Wildman–Crippen LogP) is 1.36. The van der Waals surface area contributed by atoms with Crippen molar-refractivity contribution in [2.24, 2.45) is 0 Å². The van der Waals surface area contributed by atoms with E-state index in [4.69, 9.17) is 10.0 Å². The molecule has 0 fully saturated rings. The molecule has 0 atom stereocenters. The molecule has 0 aromatic rings. The molecule has 0 aliphatic rings. The molecule has 5 nitrogen and oxygen atoms in total. The Bertz CT molecular complexity index is 184. The fraction of sp³-hybridized carbons (Fsp3) is 1.00. The fourth-order valence-electron chi connectivity index (χ4n) is 2.68. The smallest absolute Gasteiger partial charge is 0.119 e. The van der Waals surface area contributed by atoms with Crippen LogP contribution in [-0.2, 0) is 4.86 Å². The second kappa shape index (κ2) is 16.6. The van der Waals surface area contributed by atoms with Crippen molar-refractivity contribution in [3.05, 3.63) is 0 Å². The van der Waals surface area contributed by atoms with Crippen LogP contribution in [0.4, 0.5) is 4.53 Å². The molecule has 23 heavy (non-hydrogen) atoms. The van der Waals surface area contributed by atoms with Crippen LogP contribution in [0.25, 0.3) is 0 Å². The number of rotatable bonds is 9. The molecule has 0 spiro atoms. The van der Waals surface area contributed by atoms with E-state index in [-0.39, 0.29) is 0 Å². The maximum Gasteiger partial charge on any atom is 0.119 e. The third-order valence-corrected chi connectivity index (χ3v) is 5.44. The van der Waals surface area contributed by atoms with Gasteiger partial charge in [0, 0.05) is 0 Å². The van der Waals surface area contributed by atoms with Crippen molar-refractivity contribution in [1.29, 1.82) is 0 Å². The Morgan fingerprint density at radius 1 is 0.609 bits per heavy atom. The van der Waals surface area contributed by atoms with Gasteiger partial charge >= 0.3 is 0 Å². The molecular weight excluding hydrogens is 298 g/mol. The first-order valence-electron chi connectivity index (χ1n) is 9.05. The van der Waals surface area contributed by atoms with Crippen LogP contribution in [0.15, 0.2) is 0 Å². The van der Waals surface area contributed by atoms with Crippen LogP contribution >= 0.6 is 0 Å². The molecule has 0 aliphatic heterocycles. The largest absolute Gasteiger partial charge is 0.868 e. The minimum atomic E-state index is -2.78. The zero-order valence-corrected chi connectivity index (χ0v) is 16.7. The van der Waals surface area contributed by atoms with Gasteiger partial charge in [-0.15, -0.1) is 0 Å². The van der Waals surface area contributed by atoms with Crippen molar-refractivity contribution >= 4 is 7.32 Å². The van der Waals surface area contributed by atoms with E-state index in [0.29, 0.717) is 0 Å². The Labute approximate surface area is 144 Å². The minimum absolute atomic E-state index is 1.28. The summed E-state index contributed by atoms with van der Waals surface area (Å²) < 4.78 is 12.5. The quantitative estimate of drug-likeness (QED) is 0.471. The van der Waals surface area contributed by atoms with Gasteiger partial charge in [0.15, 0.2) is 0 Å². The number of hydrogen-bond donors (Lipinski definition) is 0. The van der Waals surface area contributed by atoms with Crippen molar-refractivity contribution in [3.63, 3.8) is 0 Å². The highest BCUT2D eigenvalue weighted by atomic mass is 19.3. The van der Waals surface area contributed by atoms with Gasteiger partial charge in [-0.25, -0.2) is 0 Å². The molecule has 0 heterocycles. The normalized spacial score (nSPS) is 11.1. The van der Waals surface area contributed by atoms with Crippen LogP contribution in [0.2, 0.25) is 0 Å². The highest BCUT2D eigenvalue weighted by Crippen LogP contribution is 2.03. The molecule has 7 heteroatoms. The van der Waals surface area contributed by atoms with E-state index in [1.807, 2.05) is 0 Å². The average Bonchev–Trinajstić information content (AvgIpc) is 2.61. The molecule has 0 aromatic heterocycles. The molecule has 0 unspecified atom stereocenters. The van der Waals surface area contributed by atoms with Crippen molar-refractivity contribution < 1.29 is 28.4 Å². The van der Waals surface area contributed by atoms with E-state index in [9.17, 15) is 4.53 Å². The maximum absolute atomic E-state index is 9.99. The number of quaternary nitrogens is 2. The molecular formula is C16H40BFN2O3. The standard InChI is InChI=1S/2C8H20N.BFO3/c2*1-5-9(6-2,7-3)8-4;2-5-1(3)4/h2*5-8H2,1-4H3;/q2*+1;-2. The van der Waals surface area contributed by atoms with Gasteiger partial charge in [-0.3, -0.25) is 0 Å². The lowest BCUT2D eigenvalue weighted by atomic mass is 10.3. The van der Waals surface area contributed by atoms with Gasteiger partial charge in [0.1, 0.15) is 7.32 Å². The van der Waals surface area contributed by atoms with Crippen LogP contribution in [-0.4, -0.2) is 68.6 Å². The first kappa shape index (κ1) is 27.6.